The molecule has 2 fully saturated rings. The number of carbonyl (C=O) groups excluding carboxylic acids is 2. The molecule has 26 heavy (non-hydrogen) atoms. The number of nitrogens with zero attached hydrogens (tertiary/aromatic N) is 3. The van der Waals surface area contributed by atoms with E-state index in [1.54, 1.807) is 9.80 Å². The average molecular weight is 365 g/mol. The first kappa shape index (κ1) is 20.7. The molecule has 0 N–H and O–H groups in total. The van der Waals surface area contributed by atoms with Crippen molar-refractivity contribution in [1.29, 1.82) is 5.26 Å². The zero-order chi connectivity index (χ0) is 19.3. The Bertz CT molecular complexity index is 543. The molecule has 2 aliphatic heterocycles. The van der Waals surface area contributed by atoms with Crippen LogP contribution in [0.1, 0.15) is 40.5 Å². The van der Waals surface area contributed by atoms with Crippen molar-refractivity contribution in [3.05, 3.63) is 0 Å². The maximum atomic E-state index is 12.2. The molecule has 0 aromatic heterocycles. The van der Waals surface area contributed by atoms with E-state index in [1.807, 2.05) is 6.07 Å². The maximum absolute atomic E-state index is 12.2. The van der Waals surface area contributed by atoms with Crippen molar-refractivity contribution in [2.24, 2.45) is 11.3 Å². The number of rotatable bonds is 6. The summed E-state index contributed by atoms with van der Waals surface area (Å²) in [6.07, 6.45) is 1.30. The molecule has 2 rings (SSSR count). The lowest BCUT2D eigenvalue weighted by molar-refractivity contribution is -0.159. The molecule has 146 valence electrons. The first-order chi connectivity index (χ1) is 12.3. The van der Waals surface area contributed by atoms with E-state index in [4.69, 9.17) is 14.7 Å². The molecule has 0 bridgehead atoms. The highest BCUT2D eigenvalue weighted by Crippen LogP contribution is 2.34. The number of hydrogen-bond donors (Lipinski definition) is 0. The fourth-order valence-corrected chi connectivity index (χ4v) is 3.69. The Morgan fingerprint density at radius 3 is 2.69 bits per heavy atom. The van der Waals surface area contributed by atoms with E-state index in [9.17, 15) is 9.59 Å². The molecule has 2 amide bonds. The van der Waals surface area contributed by atoms with Crippen LogP contribution < -0.4 is 0 Å². The van der Waals surface area contributed by atoms with Crippen molar-refractivity contribution in [3.63, 3.8) is 0 Å². The molecule has 0 radical (unpaired) electrons. The van der Waals surface area contributed by atoms with Gasteiger partial charge >= 0.3 is 0 Å². The van der Waals surface area contributed by atoms with Crippen LogP contribution in [0, 0.1) is 22.7 Å². The van der Waals surface area contributed by atoms with Gasteiger partial charge in [0.2, 0.25) is 12.3 Å². The Labute approximate surface area is 156 Å². The van der Waals surface area contributed by atoms with Crippen molar-refractivity contribution in [2.75, 3.05) is 32.8 Å². The number of hydrogen-bond acceptors (Lipinski definition) is 5. The summed E-state index contributed by atoms with van der Waals surface area (Å²) in [7, 11) is 0. The Kier molecular flexibility index (Phi) is 7.01. The van der Waals surface area contributed by atoms with Gasteiger partial charge in [0.05, 0.1) is 31.0 Å². The van der Waals surface area contributed by atoms with Crippen LogP contribution in [-0.2, 0) is 19.1 Å². The summed E-state index contributed by atoms with van der Waals surface area (Å²) < 4.78 is 12.2. The summed E-state index contributed by atoms with van der Waals surface area (Å²) in [5, 5.41) is 8.83. The van der Waals surface area contributed by atoms with Gasteiger partial charge in [-0.25, -0.2) is 0 Å². The van der Waals surface area contributed by atoms with Crippen LogP contribution >= 0.6 is 0 Å². The molecule has 0 aromatic carbocycles. The van der Waals surface area contributed by atoms with Gasteiger partial charge in [0.1, 0.15) is 6.42 Å². The molecule has 0 saturated carbocycles. The minimum Gasteiger partial charge on any atom is -0.374 e. The molecule has 2 heterocycles. The highest BCUT2D eigenvalue weighted by molar-refractivity contribution is 5.78. The second-order valence-electron chi connectivity index (χ2n) is 8.33. The van der Waals surface area contributed by atoms with Crippen LogP contribution in [0.15, 0.2) is 0 Å². The number of carbonyl (C=O) groups is 2. The quantitative estimate of drug-likeness (QED) is 0.665. The predicted octanol–water partition coefficient (Wildman–Crippen LogP) is 1.43. The molecular formula is C19H31N3O4. The minimum atomic E-state index is -0.199. The van der Waals surface area contributed by atoms with E-state index in [-0.39, 0.29) is 42.0 Å². The van der Waals surface area contributed by atoms with E-state index in [0.717, 1.165) is 12.8 Å². The van der Waals surface area contributed by atoms with Gasteiger partial charge in [-0.3, -0.25) is 9.59 Å². The summed E-state index contributed by atoms with van der Waals surface area (Å²) in [6, 6.07) is 1.94. The van der Waals surface area contributed by atoms with Crippen molar-refractivity contribution >= 4 is 12.3 Å². The molecule has 7 nitrogen and oxygen atoms in total. The lowest BCUT2D eigenvalue weighted by atomic mass is 9.79. The predicted molar refractivity (Wildman–Crippen MR) is 96.1 cm³/mol. The van der Waals surface area contributed by atoms with E-state index in [0.29, 0.717) is 32.8 Å². The number of morpholine rings is 2. The molecule has 3 unspecified atom stereocenters. The van der Waals surface area contributed by atoms with Gasteiger partial charge in [-0.15, -0.1) is 0 Å². The Balaban J connectivity index is 2.06. The standard InChI is InChI=1S/C19H31N3O4/c1-14(2)16-11-22(18(24)5-6-20)10-15(26-16)9-19(3,4)17-12-21(13-23)7-8-25-17/h13-17H,5,7-12H2,1-4H3. The van der Waals surface area contributed by atoms with Crippen molar-refractivity contribution in [3.8, 4) is 6.07 Å². The van der Waals surface area contributed by atoms with E-state index < -0.39 is 0 Å². The average Bonchev–Trinajstić information content (AvgIpc) is 2.61. The van der Waals surface area contributed by atoms with Crippen LogP contribution in [0.4, 0.5) is 0 Å². The van der Waals surface area contributed by atoms with Gasteiger partial charge in [0.15, 0.2) is 0 Å². The molecule has 2 aliphatic rings. The highest BCUT2D eigenvalue weighted by Gasteiger charge is 2.40. The Hall–Kier alpha value is -1.65. The largest absolute Gasteiger partial charge is 0.374 e. The van der Waals surface area contributed by atoms with Crippen molar-refractivity contribution in [2.45, 2.75) is 58.8 Å². The first-order valence-electron chi connectivity index (χ1n) is 9.38. The molecule has 7 heteroatoms. The Morgan fingerprint density at radius 1 is 1.35 bits per heavy atom. The third-order valence-electron chi connectivity index (χ3n) is 5.39. The van der Waals surface area contributed by atoms with Gasteiger partial charge in [0.25, 0.3) is 0 Å². The second kappa shape index (κ2) is 8.83. The maximum Gasteiger partial charge on any atom is 0.236 e. The van der Waals surface area contributed by atoms with Gasteiger partial charge in [-0.05, 0) is 17.8 Å². The van der Waals surface area contributed by atoms with Gasteiger partial charge < -0.3 is 19.3 Å². The molecule has 0 spiro atoms. The molecule has 0 aromatic rings. The van der Waals surface area contributed by atoms with Gasteiger partial charge in [-0.1, -0.05) is 27.7 Å². The molecular weight excluding hydrogens is 334 g/mol. The zero-order valence-corrected chi connectivity index (χ0v) is 16.3. The summed E-state index contributed by atoms with van der Waals surface area (Å²) in [5.74, 6) is 0.153. The van der Waals surface area contributed by atoms with Gasteiger partial charge in [0, 0.05) is 26.2 Å². The number of nitriles is 1. The first-order valence-corrected chi connectivity index (χ1v) is 9.38. The van der Waals surface area contributed by atoms with Crippen molar-refractivity contribution in [1.82, 2.24) is 9.80 Å². The third kappa shape index (κ3) is 5.18. The molecule has 2 saturated heterocycles. The fourth-order valence-electron chi connectivity index (χ4n) is 3.69. The van der Waals surface area contributed by atoms with Crippen LogP contribution in [0.25, 0.3) is 0 Å². The van der Waals surface area contributed by atoms with Gasteiger partial charge in [-0.2, -0.15) is 5.26 Å². The fraction of sp³-hybridized carbons (Fsp3) is 0.842. The second-order valence-corrected chi connectivity index (χ2v) is 8.33. The Morgan fingerprint density at radius 2 is 2.08 bits per heavy atom. The summed E-state index contributed by atoms with van der Waals surface area (Å²) in [5.41, 5.74) is -0.199. The zero-order valence-electron chi connectivity index (χ0n) is 16.3. The summed E-state index contributed by atoms with van der Waals surface area (Å²) >= 11 is 0. The lowest BCUT2D eigenvalue weighted by Gasteiger charge is -2.45. The molecule has 0 aliphatic carbocycles. The van der Waals surface area contributed by atoms with Crippen LogP contribution in [0.5, 0.6) is 0 Å². The van der Waals surface area contributed by atoms with Crippen LogP contribution in [-0.4, -0.2) is 73.2 Å². The van der Waals surface area contributed by atoms with E-state index in [2.05, 4.69) is 27.7 Å². The van der Waals surface area contributed by atoms with E-state index >= 15 is 0 Å². The van der Waals surface area contributed by atoms with Crippen LogP contribution in [0.3, 0.4) is 0 Å². The highest BCUT2D eigenvalue weighted by atomic mass is 16.5. The van der Waals surface area contributed by atoms with Crippen molar-refractivity contribution < 1.29 is 19.1 Å². The molecule has 3 atom stereocenters. The SMILES string of the molecule is CC(C)C1CN(C(=O)CC#N)CC(CC(C)(C)C2CN(C=O)CCO2)O1. The smallest absolute Gasteiger partial charge is 0.236 e. The topological polar surface area (TPSA) is 82.9 Å². The number of ether oxygens (including phenoxy) is 2. The summed E-state index contributed by atoms with van der Waals surface area (Å²) in [6.45, 7) is 11.2. The van der Waals surface area contributed by atoms with E-state index in [1.165, 1.54) is 0 Å². The lowest BCUT2D eigenvalue weighted by Crippen LogP contribution is -2.54. The summed E-state index contributed by atoms with van der Waals surface area (Å²) in [4.78, 5) is 26.8. The monoisotopic (exact) mass is 365 g/mol. The number of amides is 2. The third-order valence-corrected chi connectivity index (χ3v) is 5.39. The minimum absolute atomic E-state index is 0.0362. The normalized spacial score (nSPS) is 27.3. The van der Waals surface area contributed by atoms with Crippen LogP contribution in [0.2, 0.25) is 0 Å².